The molecule has 0 aliphatic heterocycles. The van der Waals surface area contributed by atoms with Gasteiger partial charge >= 0.3 is 14.4 Å². The molecule has 0 atom stereocenters. The van der Waals surface area contributed by atoms with Gasteiger partial charge in [0.25, 0.3) is 0 Å². The Balaban J connectivity index is 1.78. The minimum atomic E-state index is -1.96. The normalized spacial score (nSPS) is 11.8. The Labute approximate surface area is 273 Å². The molecule has 0 saturated carbocycles. The first-order valence-electron chi connectivity index (χ1n) is 15.9. The van der Waals surface area contributed by atoms with Crippen LogP contribution in [0.3, 0.4) is 0 Å². The molecule has 1 heterocycles. The molecule has 0 aliphatic rings. The molecule has 0 unspecified atom stereocenters. The molecule has 0 saturated heterocycles. The Morgan fingerprint density at radius 3 is 1.59 bits per heavy atom. The predicted molar refractivity (Wildman–Crippen MR) is 188 cm³/mol. The summed E-state index contributed by atoms with van der Waals surface area (Å²) < 4.78 is 31.6. The monoisotopic (exact) mass is 640 g/mol. The van der Waals surface area contributed by atoms with Gasteiger partial charge in [0.1, 0.15) is 28.3 Å². The van der Waals surface area contributed by atoms with Crippen molar-refractivity contribution in [1.82, 2.24) is 0 Å². The Kier molecular flexibility index (Phi) is 9.33. The highest BCUT2D eigenvalue weighted by Crippen LogP contribution is 2.46. The summed E-state index contributed by atoms with van der Waals surface area (Å²) in [5, 5.41) is 2.14. The summed E-state index contributed by atoms with van der Waals surface area (Å²) in [6, 6.07) is 19.4. The lowest BCUT2D eigenvalue weighted by atomic mass is 9.89. The van der Waals surface area contributed by atoms with Crippen molar-refractivity contribution in [2.45, 2.75) is 93.6 Å². The standard InChI is InChI=1S/C39H45O6P/c1-22(2)30-20-24(5)26(7)34-35-27(8)25(6)21-31(23(3)4)37(35)45-46(44-36(30)34)43-33-19-15-13-17-29(33)28-16-12-14-18-32(28)41-38(40)42-39(9,10)11/h12-23H,1-11H3. The molecule has 242 valence electrons. The summed E-state index contributed by atoms with van der Waals surface area (Å²) >= 11 is 0. The van der Waals surface area contributed by atoms with Crippen molar-refractivity contribution in [3.63, 3.8) is 0 Å². The van der Waals surface area contributed by atoms with E-state index in [0.717, 1.165) is 49.8 Å². The van der Waals surface area contributed by atoms with Crippen molar-refractivity contribution < 1.29 is 27.2 Å². The van der Waals surface area contributed by atoms with E-state index in [9.17, 15) is 4.79 Å². The number of aryl methyl sites for hydroxylation is 4. The van der Waals surface area contributed by atoms with Crippen LogP contribution in [0.15, 0.2) is 69.1 Å². The van der Waals surface area contributed by atoms with E-state index < -0.39 is 20.0 Å². The molecule has 0 bridgehead atoms. The van der Waals surface area contributed by atoms with Crippen LogP contribution in [0.5, 0.6) is 11.5 Å². The number of fused-ring (bicyclic) bond motifs is 3. The quantitative estimate of drug-likeness (QED) is 0.136. The fourth-order valence-electron chi connectivity index (χ4n) is 5.69. The van der Waals surface area contributed by atoms with E-state index in [-0.39, 0.29) is 11.8 Å². The third-order valence-corrected chi connectivity index (χ3v) is 9.31. The third kappa shape index (κ3) is 6.69. The van der Waals surface area contributed by atoms with Gasteiger partial charge in [-0.05, 0) is 106 Å². The van der Waals surface area contributed by atoms with E-state index in [4.69, 9.17) is 22.4 Å². The summed E-state index contributed by atoms with van der Waals surface area (Å²) in [6.07, 6.45) is -0.773. The average Bonchev–Trinajstić information content (AvgIpc) is 3.13. The molecule has 0 fully saturated rings. The van der Waals surface area contributed by atoms with Crippen molar-refractivity contribution in [3.05, 3.63) is 94.0 Å². The molecule has 0 radical (unpaired) electrons. The Hall–Kier alpha value is -4.15. The second-order valence-electron chi connectivity index (χ2n) is 13.6. The van der Waals surface area contributed by atoms with E-state index in [1.54, 1.807) is 26.8 Å². The van der Waals surface area contributed by atoms with Crippen molar-refractivity contribution in [1.29, 1.82) is 0 Å². The number of rotatable bonds is 6. The summed E-state index contributed by atoms with van der Waals surface area (Å²) in [4.78, 5) is 12.6. The molecule has 5 aromatic rings. The average molecular weight is 641 g/mol. The van der Waals surface area contributed by atoms with Gasteiger partial charge in [0.05, 0.1) is 0 Å². The number of hydrogen-bond donors (Lipinski definition) is 0. The van der Waals surface area contributed by atoms with Gasteiger partial charge < -0.3 is 22.4 Å². The van der Waals surface area contributed by atoms with Gasteiger partial charge in [-0.2, -0.15) is 0 Å². The number of ether oxygens (including phenoxy) is 2. The molecular formula is C39H45O6P. The maximum absolute atomic E-state index is 12.6. The lowest BCUT2D eigenvalue weighted by Crippen LogP contribution is -2.26. The molecule has 0 aliphatic carbocycles. The fraction of sp³-hybridized carbons (Fsp3) is 0.359. The van der Waals surface area contributed by atoms with Gasteiger partial charge in [0, 0.05) is 21.9 Å². The summed E-state index contributed by atoms with van der Waals surface area (Å²) in [5.41, 5.74) is 9.31. The van der Waals surface area contributed by atoms with E-state index in [0.29, 0.717) is 17.1 Å². The fourth-order valence-corrected chi connectivity index (χ4v) is 6.81. The zero-order valence-electron chi connectivity index (χ0n) is 28.8. The Morgan fingerprint density at radius 2 is 1.13 bits per heavy atom. The van der Waals surface area contributed by atoms with Crippen molar-refractivity contribution in [2.75, 3.05) is 0 Å². The maximum Gasteiger partial charge on any atom is 0.514 e. The molecular weight excluding hydrogens is 595 g/mol. The first kappa shape index (κ1) is 33.2. The van der Waals surface area contributed by atoms with Crippen molar-refractivity contribution >= 4 is 36.3 Å². The van der Waals surface area contributed by atoms with Crippen LogP contribution in [0, 0.1) is 27.7 Å². The zero-order valence-corrected chi connectivity index (χ0v) is 29.7. The van der Waals surface area contributed by atoms with Gasteiger partial charge in [-0.15, -0.1) is 0 Å². The maximum atomic E-state index is 12.6. The van der Waals surface area contributed by atoms with Crippen LogP contribution in [0.4, 0.5) is 4.79 Å². The van der Waals surface area contributed by atoms with E-state index >= 15 is 0 Å². The largest absolute Gasteiger partial charge is 0.514 e. The number of carbonyl (C=O) groups is 1. The van der Waals surface area contributed by atoms with Gasteiger partial charge in [0.2, 0.25) is 0 Å². The minimum Gasteiger partial charge on any atom is -0.428 e. The van der Waals surface area contributed by atoms with Crippen LogP contribution in [0.2, 0.25) is 0 Å². The summed E-state index contributed by atoms with van der Waals surface area (Å²) in [7, 11) is -1.96. The lowest BCUT2D eigenvalue weighted by molar-refractivity contribution is 0.0207. The first-order chi connectivity index (χ1) is 21.7. The predicted octanol–water partition coefficient (Wildman–Crippen LogP) is 12.6. The van der Waals surface area contributed by atoms with Gasteiger partial charge in [0.15, 0.2) is 0 Å². The molecule has 7 heteroatoms. The van der Waals surface area contributed by atoms with Crippen LogP contribution >= 0.6 is 8.24 Å². The lowest BCUT2D eigenvalue weighted by Gasteiger charge is -2.19. The third-order valence-electron chi connectivity index (χ3n) is 8.30. The second kappa shape index (κ2) is 12.9. The number of hydrogen-bond acceptors (Lipinski definition) is 6. The van der Waals surface area contributed by atoms with E-state index in [1.165, 1.54) is 11.1 Å². The number of benzene rings is 4. The van der Waals surface area contributed by atoms with Gasteiger partial charge in [-0.3, -0.25) is 0 Å². The molecule has 5 rings (SSSR count). The highest BCUT2D eigenvalue weighted by atomic mass is 31.1. The minimum absolute atomic E-state index is 0.213. The van der Waals surface area contributed by atoms with Crippen LogP contribution in [-0.4, -0.2) is 11.8 Å². The highest BCUT2D eigenvalue weighted by Gasteiger charge is 2.24. The molecule has 0 amide bonds. The smallest absolute Gasteiger partial charge is 0.428 e. The molecule has 46 heavy (non-hydrogen) atoms. The number of para-hydroxylation sites is 2. The van der Waals surface area contributed by atoms with Crippen LogP contribution in [-0.2, 0) is 4.74 Å². The number of carbonyl (C=O) groups excluding carboxylic acids is 1. The van der Waals surface area contributed by atoms with Crippen molar-refractivity contribution in [3.8, 4) is 22.6 Å². The topological polar surface area (TPSA) is 71.0 Å². The summed E-state index contributed by atoms with van der Waals surface area (Å²) in [6.45, 7) is 22.8. The highest BCUT2D eigenvalue weighted by molar-refractivity contribution is 7.32. The Bertz CT molecular complexity index is 1890. The van der Waals surface area contributed by atoms with Gasteiger partial charge in [-0.1, -0.05) is 76.2 Å². The van der Waals surface area contributed by atoms with Crippen molar-refractivity contribution in [2.24, 2.45) is 0 Å². The second-order valence-corrected chi connectivity index (χ2v) is 14.6. The van der Waals surface area contributed by atoms with Crippen LogP contribution in [0.1, 0.15) is 93.7 Å². The van der Waals surface area contributed by atoms with E-state index in [1.807, 2.05) is 42.5 Å². The molecule has 4 aromatic carbocycles. The van der Waals surface area contributed by atoms with Gasteiger partial charge in [-0.25, -0.2) is 4.79 Å². The van der Waals surface area contributed by atoms with Crippen LogP contribution in [0.25, 0.3) is 33.1 Å². The molecule has 0 spiro atoms. The van der Waals surface area contributed by atoms with E-state index in [2.05, 4.69) is 67.5 Å². The Morgan fingerprint density at radius 1 is 0.696 bits per heavy atom. The SMILES string of the molecule is Cc1cc(C(C)C)c2op(Oc3ccccc3-c3ccccc3OC(=O)OC(C)(C)C)oc3c(C(C)C)cc(C)c(C)c3c2c1C. The van der Waals surface area contributed by atoms with Crippen LogP contribution < -0.4 is 9.26 Å². The first-order valence-corrected chi connectivity index (χ1v) is 17.0. The zero-order chi connectivity index (χ0) is 33.5. The molecule has 6 nitrogen and oxygen atoms in total. The molecule has 1 aromatic heterocycles. The molecule has 0 N–H and O–H groups in total. The summed E-state index contributed by atoms with van der Waals surface area (Å²) in [5.74, 6) is 1.33.